The molecule has 1 N–H and O–H groups in total. The average Bonchev–Trinajstić information content (AvgIpc) is 3.25. The van der Waals surface area contributed by atoms with Crippen molar-refractivity contribution in [1.29, 1.82) is 0 Å². The number of aryl methyl sites for hydroxylation is 1. The van der Waals surface area contributed by atoms with Crippen LogP contribution in [0.3, 0.4) is 0 Å². The number of hydrogen-bond donors (Lipinski definition) is 1. The fourth-order valence-corrected chi connectivity index (χ4v) is 3.78. The molecule has 0 aliphatic rings. The molecule has 7 heteroatoms. The second kappa shape index (κ2) is 7.75. The molecular formula is C20H21N3O3S. The van der Waals surface area contributed by atoms with Gasteiger partial charge in [0, 0.05) is 10.9 Å². The molecule has 0 unspecified atom stereocenters. The molecule has 0 atom stereocenters. The van der Waals surface area contributed by atoms with Crippen LogP contribution in [0.4, 0.5) is 5.69 Å². The summed E-state index contributed by atoms with van der Waals surface area (Å²) in [6.07, 6.45) is 0. The van der Waals surface area contributed by atoms with Gasteiger partial charge in [-0.25, -0.2) is 4.79 Å². The number of methoxy groups -OCH3 is 1. The highest BCUT2D eigenvalue weighted by molar-refractivity contribution is 7.18. The number of thiophene rings is 1. The first-order valence-corrected chi connectivity index (χ1v) is 9.37. The minimum absolute atomic E-state index is 0.0434. The van der Waals surface area contributed by atoms with E-state index in [-0.39, 0.29) is 11.9 Å². The van der Waals surface area contributed by atoms with Crippen molar-refractivity contribution in [1.82, 2.24) is 9.78 Å². The largest absolute Gasteiger partial charge is 0.465 e. The normalized spacial score (nSPS) is 10.9. The number of ether oxygens (including phenoxy) is 1. The molecule has 0 bridgehead atoms. The Bertz CT molecular complexity index is 974. The minimum atomic E-state index is -0.481. The predicted octanol–water partition coefficient (Wildman–Crippen LogP) is 4.54. The Morgan fingerprint density at radius 3 is 2.52 bits per heavy atom. The Morgan fingerprint density at radius 2 is 1.89 bits per heavy atom. The van der Waals surface area contributed by atoms with Crippen LogP contribution in [-0.2, 0) is 4.74 Å². The van der Waals surface area contributed by atoms with E-state index in [2.05, 4.69) is 10.4 Å². The summed E-state index contributed by atoms with van der Waals surface area (Å²) in [6, 6.07) is 13.3. The SMILES string of the molecule is COC(=O)c1sc(-c2ccccc2)cc1NC(=O)c1cc(C)nn1C(C)C. The lowest BCUT2D eigenvalue weighted by Gasteiger charge is -2.11. The smallest absolute Gasteiger partial charge is 0.350 e. The highest BCUT2D eigenvalue weighted by Gasteiger charge is 2.22. The first kappa shape index (κ1) is 18.8. The van der Waals surface area contributed by atoms with Gasteiger partial charge in [0.05, 0.1) is 18.5 Å². The van der Waals surface area contributed by atoms with Gasteiger partial charge < -0.3 is 10.1 Å². The Hall–Kier alpha value is -2.93. The Kier molecular flexibility index (Phi) is 5.41. The second-order valence-electron chi connectivity index (χ2n) is 6.37. The summed E-state index contributed by atoms with van der Waals surface area (Å²) in [5.41, 5.74) is 2.61. The van der Waals surface area contributed by atoms with Gasteiger partial charge in [-0.2, -0.15) is 5.10 Å². The van der Waals surface area contributed by atoms with Crippen molar-refractivity contribution in [2.75, 3.05) is 12.4 Å². The lowest BCUT2D eigenvalue weighted by atomic mass is 10.2. The van der Waals surface area contributed by atoms with E-state index in [9.17, 15) is 9.59 Å². The molecule has 140 valence electrons. The van der Waals surface area contributed by atoms with Gasteiger partial charge in [0.25, 0.3) is 5.91 Å². The molecule has 0 aliphatic heterocycles. The first-order chi connectivity index (χ1) is 12.9. The molecule has 1 aromatic carbocycles. The van der Waals surface area contributed by atoms with Gasteiger partial charge in [0.15, 0.2) is 0 Å². The van der Waals surface area contributed by atoms with Crippen LogP contribution in [0.1, 0.15) is 45.7 Å². The zero-order valence-corrected chi connectivity index (χ0v) is 16.5. The number of carbonyl (C=O) groups excluding carboxylic acids is 2. The monoisotopic (exact) mass is 383 g/mol. The second-order valence-corrected chi connectivity index (χ2v) is 7.43. The quantitative estimate of drug-likeness (QED) is 0.657. The maximum absolute atomic E-state index is 12.8. The molecule has 3 rings (SSSR count). The topological polar surface area (TPSA) is 73.2 Å². The molecule has 0 spiro atoms. The van der Waals surface area contributed by atoms with Crippen LogP contribution in [-0.4, -0.2) is 28.8 Å². The van der Waals surface area contributed by atoms with Crippen molar-refractivity contribution in [2.24, 2.45) is 0 Å². The summed E-state index contributed by atoms with van der Waals surface area (Å²) in [4.78, 5) is 26.3. The van der Waals surface area contributed by atoms with Crippen molar-refractivity contribution in [2.45, 2.75) is 26.8 Å². The van der Waals surface area contributed by atoms with Gasteiger partial charge in [-0.3, -0.25) is 9.48 Å². The summed E-state index contributed by atoms with van der Waals surface area (Å²) < 4.78 is 6.56. The summed E-state index contributed by atoms with van der Waals surface area (Å²) in [7, 11) is 1.33. The van der Waals surface area contributed by atoms with Gasteiger partial charge in [-0.1, -0.05) is 30.3 Å². The van der Waals surface area contributed by atoms with E-state index in [4.69, 9.17) is 4.74 Å². The van der Waals surface area contributed by atoms with Crippen molar-refractivity contribution in [3.63, 3.8) is 0 Å². The summed E-state index contributed by atoms with van der Waals surface area (Å²) in [6.45, 7) is 5.76. The number of nitrogens with zero attached hydrogens (tertiary/aromatic N) is 2. The van der Waals surface area contributed by atoms with Crippen molar-refractivity contribution < 1.29 is 14.3 Å². The van der Waals surface area contributed by atoms with Crippen molar-refractivity contribution in [3.8, 4) is 10.4 Å². The van der Waals surface area contributed by atoms with Crippen LogP contribution in [0.15, 0.2) is 42.5 Å². The lowest BCUT2D eigenvalue weighted by molar-refractivity contribution is 0.0607. The molecule has 3 aromatic rings. The maximum atomic E-state index is 12.8. The van der Waals surface area contributed by atoms with Gasteiger partial charge in [-0.15, -0.1) is 11.3 Å². The molecule has 0 saturated heterocycles. The van der Waals surface area contributed by atoms with E-state index in [0.717, 1.165) is 16.1 Å². The number of hydrogen-bond acceptors (Lipinski definition) is 5. The number of amides is 1. The molecule has 6 nitrogen and oxygen atoms in total. The number of esters is 1. The fraction of sp³-hybridized carbons (Fsp3) is 0.250. The first-order valence-electron chi connectivity index (χ1n) is 8.55. The number of nitrogens with one attached hydrogen (secondary N) is 1. The fourth-order valence-electron chi connectivity index (χ4n) is 2.74. The maximum Gasteiger partial charge on any atom is 0.350 e. The van der Waals surface area contributed by atoms with E-state index in [1.807, 2.05) is 51.1 Å². The van der Waals surface area contributed by atoms with E-state index in [0.29, 0.717) is 16.3 Å². The molecule has 2 aromatic heterocycles. The summed E-state index contributed by atoms with van der Waals surface area (Å²) in [5, 5.41) is 7.22. The molecule has 1 amide bonds. The Morgan fingerprint density at radius 1 is 1.19 bits per heavy atom. The van der Waals surface area contributed by atoms with Gasteiger partial charge in [0.2, 0.25) is 0 Å². The molecule has 0 saturated carbocycles. The number of carbonyl (C=O) groups is 2. The molecule has 27 heavy (non-hydrogen) atoms. The highest BCUT2D eigenvalue weighted by atomic mass is 32.1. The van der Waals surface area contributed by atoms with E-state index in [1.54, 1.807) is 16.8 Å². The van der Waals surface area contributed by atoms with E-state index < -0.39 is 5.97 Å². The van der Waals surface area contributed by atoms with Crippen LogP contribution >= 0.6 is 11.3 Å². The average molecular weight is 383 g/mol. The summed E-state index contributed by atoms with van der Waals surface area (Å²) >= 11 is 1.29. The zero-order chi connectivity index (χ0) is 19.6. The van der Waals surface area contributed by atoms with Crippen LogP contribution in [0.25, 0.3) is 10.4 Å². The standard InChI is InChI=1S/C20H21N3O3S/c1-12(2)23-16(10-13(3)22-23)19(24)21-15-11-17(14-8-6-5-7-9-14)27-18(15)20(25)26-4/h5-12H,1-4H3,(H,21,24). The summed E-state index contributed by atoms with van der Waals surface area (Å²) in [5.74, 6) is -0.794. The van der Waals surface area contributed by atoms with Gasteiger partial charge >= 0.3 is 5.97 Å². The third-order valence-electron chi connectivity index (χ3n) is 3.99. The molecule has 2 heterocycles. The van der Waals surface area contributed by atoms with E-state index >= 15 is 0 Å². The highest BCUT2D eigenvalue weighted by Crippen LogP contribution is 2.35. The van der Waals surface area contributed by atoms with Gasteiger partial charge in [0.1, 0.15) is 10.6 Å². The Balaban J connectivity index is 1.97. The van der Waals surface area contributed by atoms with Crippen LogP contribution in [0.2, 0.25) is 0 Å². The third kappa shape index (κ3) is 3.93. The number of rotatable bonds is 5. The lowest BCUT2D eigenvalue weighted by Crippen LogP contribution is -2.19. The van der Waals surface area contributed by atoms with Gasteiger partial charge in [-0.05, 0) is 38.5 Å². The van der Waals surface area contributed by atoms with Crippen LogP contribution < -0.4 is 5.32 Å². The van der Waals surface area contributed by atoms with Crippen molar-refractivity contribution in [3.05, 3.63) is 58.7 Å². The van der Waals surface area contributed by atoms with E-state index in [1.165, 1.54) is 18.4 Å². The Labute approximate surface area is 161 Å². The molecule has 0 fully saturated rings. The molecule has 0 aliphatic carbocycles. The number of aromatic nitrogens is 2. The van der Waals surface area contributed by atoms with Crippen LogP contribution in [0.5, 0.6) is 0 Å². The number of benzene rings is 1. The third-order valence-corrected chi connectivity index (χ3v) is 5.15. The minimum Gasteiger partial charge on any atom is -0.465 e. The van der Waals surface area contributed by atoms with Crippen molar-refractivity contribution >= 4 is 28.9 Å². The predicted molar refractivity (Wildman–Crippen MR) is 106 cm³/mol. The zero-order valence-electron chi connectivity index (χ0n) is 15.6. The van der Waals surface area contributed by atoms with Crippen LogP contribution in [0, 0.1) is 6.92 Å². The molecular weight excluding hydrogens is 362 g/mol. The molecule has 0 radical (unpaired) electrons. The number of anilines is 1.